The minimum atomic E-state index is -4.52. The Hall–Kier alpha value is -1.51. The SMILES string of the molecule is C=C(CC(=O)OCC(Cl)(Cl)Cl)C(=O)OC1(c2ccc(C(F)(F)F)cn2)CCC1. The molecule has 5 nitrogen and oxygen atoms in total. The quantitative estimate of drug-likeness (QED) is 0.344. The van der Waals surface area contributed by atoms with Crippen LogP contribution in [0.25, 0.3) is 0 Å². The fourth-order valence-corrected chi connectivity index (χ4v) is 2.61. The van der Waals surface area contributed by atoms with Crippen molar-refractivity contribution in [1.82, 2.24) is 4.98 Å². The second kappa shape index (κ2) is 8.47. The lowest BCUT2D eigenvalue weighted by molar-refractivity contribution is -0.168. The zero-order chi connectivity index (χ0) is 21.2. The lowest BCUT2D eigenvalue weighted by Crippen LogP contribution is -2.40. The molecular formula is C17H15Cl3F3NO4. The molecule has 1 aromatic rings. The Kier molecular flexibility index (Phi) is 6.89. The predicted molar refractivity (Wildman–Crippen MR) is 95.9 cm³/mol. The molecule has 0 N–H and O–H groups in total. The van der Waals surface area contributed by atoms with Gasteiger partial charge in [-0.1, -0.05) is 41.4 Å². The highest BCUT2D eigenvalue weighted by atomic mass is 35.6. The summed E-state index contributed by atoms with van der Waals surface area (Å²) in [6.07, 6.45) is -2.84. The summed E-state index contributed by atoms with van der Waals surface area (Å²) in [4.78, 5) is 27.7. The van der Waals surface area contributed by atoms with Crippen LogP contribution in [0.2, 0.25) is 0 Å². The minimum absolute atomic E-state index is 0.201. The summed E-state index contributed by atoms with van der Waals surface area (Å²) in [5, 5.41) is 0. The Morgan fingerprint density at radius 2 is 1.86 bits per heavy atom. The molecule has 1 aliphatic carbocycles. The van der Waals surface area contributed by atoms with Gasteiger partial charge >= 0.3 is 18.1 Å². The zero-order valence-electron chi connectivity index (χ0n) is 14.3. The molecule has 154 valence electrons. The van der Waals surface area contributed by atoms with Gasteiger partial charge in [0.25, 0.3) is 0 Å². The zero-order valence-corrected chi connectivity index (χ0v) is 16.6. The summed E-state index contributed by atoms with van der Waals surface area (Å²) in [7, 11) is 0. The molecule has 0 spiro atoms. The minimum Gasteiger partial charge on any atom is -0.461 e. The van der Waals surface area contributed by atoms with Gasteiger partial charge in [0.15, 0.2) is 5.60 Å². The number of ether oxygens (including phenoxy) is 2. The average Bonchev–Trinajstić information content (AvgIpc) is 2.54. The first kappa shape index (κ1) is 22.8. The maximum Gasteiger partial charge on any atom is 0.417 e. The molecule has 1 saturated carbocycles. The molecule has 1 fully saturated rings. The Balaban J connectivity index is 2.00. The molecule has 0 aliphatic heterocycles. The molecule has 11 heteroatoms. The number of hydrogen-bond acceptors (Lipinski definition) is 5. The number of esters is 2. The van der Waals surface area contributed by atoms with Crippen molar-refractivity contribution in [2.45, 2.75) is 41.3 Å². The summed E-state index contributed by atoms with van der Waals surface area (Å²) in [5.41, 5.74) is -2.05. The monoisotopic (exact) mass is 459 g/mol. The van der Waals surface area contributed by atoms with Gasteiger partial charge in [-0.2, -0.15) is 13.2 Å². The first-order chi connectivity index (χ1) is 12.8. The fourth-order valence-electron chi connectivity index (χ4n) is 2.45. The van der Waals surface area contributed by atoms with E-state index in [2.05, 4.69) is 11.6 Å². The Morgan fingerprint density at radius 1 is 1.21 bits per heavy atom. The van der Waals surface area contributed by atoms with Gasteiger partial charge in [0.2, 0.25) is 3.79 Å². The van der Waals surface area contributed by atoms with E-state index in [0.717, 1.165) is 6.07 Å². The van der Waals surface area contributed by atoms with E-state index < -0.39 is 46.1 Å². The van der Waals surface area contributed by atoms with E-state index in [1.165, 1.54) is 6.07 Å². The first-order valence-corrected chi connectivity index (χ1v) is 9.13. The number of pyridine rings is 1. The standard InChI is InChI=1S/C17H15Cl3F3NO4/c1-10(7-13(25)27-9-16(18,19)20)14(26)28-15(5-2-6-15)12-4-3-11(8-24-12)17(21,22)23/h3-4,8H,1-2,5-7,9H2. The van der Waals surface area contributed by atoms with Gasteiger partial charge in [-0.3, -0.25) is 9.78 Å². The molecular weight excluding hydrogens is 446 g/mol. The van der Waals surface area contributed by atoms with Crippen LogP contribution < -0.4 is 0 Å². The van der Waals surface area contributed by atoms with Gasteiger partial charge in [-0.05, 0) is 31.4 Å². The molecule has 1 heterocycles. The third-order valence-electron chi connectivity index (χ3n) is 4.05. The van der Waals surface area contributed by atoms with Crippen LogP contribution >= 0.6 is 34.8 Å². The molecule has 0 unspecified atom stereocenters. The number of aromatic nitrogens is 1. The van der Waals surface area contributed by atoms with E-state index in [9.17, 15) is 22.8 Å². The number of halogens is 6. The highest BCUT2D eigenvalue weighted by Gasteiger charge is 2.45. The Labute approximate surface area is 173 Å². The summed E-state index contributed by atoms with van der Waals surface area (Å²) in [6, 6.07) is 2.05. The lowest BCUT2D eigenvalue weighted by Gasteiger charge is -2.40. The van der Waals surface area contributed by atoms with Gasteiger partial charge in [-0.15, -0.1) is 0 Å². The summed E-state index contributed by atoms with van der Waals surface area (Å²) in [5.74, 6) is -1.73. The molecule has 0 radical (unpaired) electrons. The second-order valence-electron chi connectivity index (χ2n) is 6.22. The number of alkyl halides is 6. The summed E-state index contributed by atoms with van der Waals surface area (Å²) in [6.45, 7) is 2.98. The van der Waals surface area contributed by atoms with Crippen molar-refractivity contribution in [2.75, 3.05) is 6.61 Å². The highest BCUT2D eigenvalue weighted by molar-refractivity contribution is 6.67. The van der Waals surface area contributed by atoms with Crippen LogP contribution in [-0.4, -0.2) is 27.3 Å². The van der Waals surface area contributed by atoms with Crippen molar-refractivity contribution >= 4 is 46.7 Å². The summed E-state index contributed by atoms with van der Waals surface area (Å²) >= 11 is 16.4. The van der Waals surface area contributed by atoms with Crippen molar-refractivity contribution in [1.29, 1.82) is 0 Å². The molecule has 0 bridgehead atoms. The van der Waals surface area contributed by atoms with Crippen LogP contribution in [-0.2, 0) is 30.8 Å². The van der Waals surface area contributed by atoms with Crippen molar-refractivity contribution in [3.05, 3.63) is 41.7 Å². The largest absolute Gasteiger partial charge is 0.461 e. The highest BCUT2D eigenvalue weighted by Crippen LogP contribution is 2.45. The summed E-state index contributed by atoms with van der Waals surface area (Å²) < 4.78 is 46.4. The normalized spacial score (nSPS) is 16.1. The van der Waals surface area contributed by atoms with Crippen molar-refractivity contribution in [2.24, 2.45) is 0 Å². The average molecular weight is 461 g/mol. The third-order valence-corrected chi connectivity index (χ3v) is 4.38. The Bertz CT molecular complexity index is 756. The van der Waals surface area contributed by atoms with Gasteiger partial charge < -0.3 is 9.47 Å². The smallest absolute Gasteiger partial charge is 0.417 e. The third kappa shape index (κ3) is 5.99. The predicted octanol–water partition coefficient (Wildman–Crippen LogP) is 4.88. The number of nitrogens with zero attached hydrogens (tertiary/aromatic N) is 1. The van der Waals surface area contributed by atoms with Crippen molar-refractivity contribution in [3.63, 3.8) is 0 Å². The molecule has 2 rings (SSSR count). The maximum absolute atomic E-state index is 12.7. The number of carbonyl (C=O) groups is 2. The van der Waals surface area contributed by atoms with E-state index in [-0.39, 0.29) is 11.3 Å². The molecule has 0 aromatic carbocycles. The lowest BCUT2D eigenvalue weighted by atomic mass is 9.77. The van der Waals surface area contributed by atoms with Gasteiger partial charge in [0.1, 0.15) is 6.61 Å². The van der Waals surface area contributed by atoms with Gasteiger partial charge in [-0.25, -0.2) is 4.79 Å². The van der Waals surface area contributed by atoms with E-state index in [0.29, 0.717) is 25.5 Å². The fraction of sp³-hybridized carbons (Fsp3) is 0.471. The van der Waals surface area contributed by atoms with E-state index in [4.69, 9.17) is 44.3 Å². The van der Waals surface area contributed by atoms with Crippen LogP contribution in [0.15, 0.2) is 30.5 Å². The van der Waals surface area contributed by atoms with E-state index >= 15 is 0 Å². The first-order valence-electron chi connectivity index (χ1n) is 8.00. The molecule has 0 amide bonds. The second-order valence-corrected chi connectivity index (χ2v) is 8.74. The number of hydrogen-bond donors (Lipinski definition) is 0. The number of rotatable bonds is 6. The van der Waals surface area contributed by atoms with Crippen LogP contribution in [0, 0.1) is 0 Å². The van der Waals surface area contributed by atoms with Crippen molar-refractivity contribution < 1.29 is 32.2 Å². The number of carbonyl (C=O) groups excluding carboxylic acids is 2. The molecule has 1 aliphatic rings. The molecule has 0 saturated heterocycles. The van der Waals surface area contributed by atoms with E-state index in [1.807, 2.05) is 0 Å². The van der Waals surface area contributed by atoms with E-state index in [1.54, 1.807) is 0 Å². The maximum atomic E-state index is 12.7. The van der Waals surface area contributed by atoms with Crippen LogP contribution in [0.1, 0.15) is 36.9 Å². The van der Waals surface area contributed by atoms with Crippen LogP contribution in [0.5, 0.6) is 0 Å². The molecule has 28 heavy (non-hydrogen) atoms. The van der Waals surface area contributed by atoms with Gasteiger partial charge in [0.05, 0.1) is 17.7 Å². The van der Waals surface area contributed by atoms with Crippen LogP contribution in [0.4, 0.5) is 13.2 Å². The van der Waals surface area contributed by atoms with Crippen LogP contribution in [0.3, 0.4) is 0 Å². The van der Waals surface area contributed by atoms with Gasteiger partial charge in [0, 0.05) is 11.8 Å². The van der Waals surface area contributed by atoms with Crippen molar-refractivity contribution in [3.8, 4) is 0 Å². The molecule has 1 aromatic heterocycles. The molecule has 0 atom stereocenters. The Morgan fingerprint density at radius 3 is 2.29 bits per heavy atom. The topological polar surface area (TPSA) is 65.5 Å².